The minimum absolute atomic E-state index is 0.421. The van der Waals surface area contributed by atoms with Crippen LogP contribution in [0.15, 0.2) is 0 Å². The fraction of sp³-hybridized carbons (Fsp3) is 1.00. The summed E-state index contributed by atoms with van der Waals surface area (Å²) in [6.07, 6.45) is 5.72. The van der Waals surface area contributed by atoms with Gasteiger partial charge in [-0.15, -0.1) is 0 Å². The van der Waals surface area contributed by atoms with E-state index in [1.54, 1.807) is 0 Å². The first-order chi connectivity index (χ1) is 7.46. The van der Waals surface area contributed by atoms with E-state index >= 15 is 0 Å². The van der Waals surface area contributed by atoms with E-state index in [-0.39, 0.29) is 0 Å². The van der Waals surface area contributed by atoms with Crippen molar-refractivity contribution in [3.8, 4) is 0 Å². The Hall–Kier alpha value is -0.0800. The molecule has 2 atom stereocenters. The standard InChI is InChI=1S/C14H28N2/c1-14(2,3)10-15-9-11-7-12-5-6-13(8-11)16(12)4/h11-13,15H,5-10H2,1-4H3. The van der Waals surface area contributed by atoms with Gasteiger partial charge < -0.3 is 10.2 Å². The molecule has 2 unspecified atom stereocenters. The predicted molar refractivity (Wildman–Crippen MR) is 69.6 cm³/mol. The molecule has 0 radical (unpaired) electrons. The number of piperidine rings is 1. The number of hydrogen-bond donors (Lipinski definition) is 1. The minimum atomic E-state index is 0.421. The molecular weight excluding hydrogens is 196 g/mol. The molecule has 16 heavy (non-hydrogen) atoms. The molecule has 0 amide bonds. The van der Waals surface area contributed by atoms with Crippen molar-refractivity contribution in [2.45, 2.75) is 58.5 Å². The Bertz CT molecular complexity index is 217. The Labute approximate surface area is 101 Å². The highest BCUT2D eigenvalue weighted by Crippen LogP contribution is 2.37. The second-order valence-corrected chi connectivity index (χ2v) is 7.08. The van der Waals surface area contributed by atoms with Crippen molar-refractivity contribution in [1.29, 1.82) is 0 Å². The minimum Gasteiger partial charge on any atom is -0.316 e. The van der Waals surface area contributed by atoms with Crippen molar-refractivity contribution in [2.24, 2.45) is 11.3 Å². The maximum absolute atomic E-state index is 3.66. The zero-order valence-corrected chi connectivity index (χ0v) is 11.4. The second-order valence-electron chi connectivity index (χ2n) is 7.08. The molecule has 2 aliphatic rings. The highest BCUT2D eigenvalue weighted by Gasteiger charge is 2.37. The van der Waals surface area contributed by atoms with Gasteiger partial charge in [-0.25, -0.2) is 0 Å². The summed E-state index contributed by atoms with van der Waals surface area (Å²) in [5.41, 5.74) is 0.421. The monoisotopic (exact) mass is 224 g/mol. The molecule has 0 aromatic heterocycles. The molecular formula is C14H28N2. The van der Waals surface area contributed by atoms with Gasteiger partial charge in [0.2, 0.25) is 0 Å². The van der Waals surface area contributed by atoms with Crippen LogP contribution in [0.25, 0.3) is 0 Å². The topological polar surface area (TPSA) is 15.3 Å². The fourth-order valence-electron chi connectivity index (χ4n) is 3.34. The predicted octanol–water partition coefficient (Wildman–Crippen LogP) is 2.49. The van der Waals surface area contributed by atoms with Crippen LogP contribution in [-0.2, 0) is 0 Å². The molecule has 94 valence electrons. The first-order valence-electron chi connectivity index (χ1n) is 6.88. The second kappa shape index (κ2) is 4.66. The van der Waals surface area contributed by atoms with Crippen LogP contribution in [0.4, 0.5) is 0 Å². The molecule has 2 heteroatoms. The summed E-state index contributed by atoms with van der Waals surface area (Å²) in [6, 6.07) is 1.78. The third kappa shape index (κ3) is 2.98. The van der Waals surface area contributed by atoms with Gasteiger partial charge in [-0.2, -0.15) is 0 Å². The largest absolute Gasteiger partial charge is 0.316 e. The molecule has 0 aromatic rings. The molecule has 2 aliphatic heterocycles. The maximum atomic E-state index is 3.66. The summed E-state index contributed by atoms with van der Waals surface area (Å²) in [4.78, 5) is 2.63. The van der Waals surface area contributed by atoms with E-state index in [9.17, 15) is 0 Å². The number of rotatable bonds is 3. The number of nitrogens with one attached hydrogen (secondary N) is 1. The van der Waals surface area contributed by atoms with E-state index < -0.39 is 0 Å². The average Bonchev–Trinajstić information content (AvgIpc) is 2.41. The Morgan fingerprint density at radius 3 is 2.19 bits per heavy atom. The maximum Gasteiger partial charge on any atom is 0.00988 e. The van der Waals surface area contributed by atoms with Crippen LogP contribution >= 0.6 is 0 Å². The van der Waals surface area contributed by atoms with Gasteiger partial charge in [0.25, 0.3) is 0 Å². The average molecular weight is 224 g/mol. The molecule has 2 heterocycles. The SMILES string of the molecule is CN1C2CCC1CC(CNCC(C)(C)C)C2. The molecule has 0 aliphatic carbocycles. The molecule has 0 saturated carbocycles. The molecule has 2 saturated heterocycles. The Morgan fingerprint density at radius 1 is 1.12 bits per heavy atom. The van der Waals surface area contributed by atoms with Crippen LogP contribution < -0.4 is 5.32 Å². The van der Waals surface area contributed by atoms with Gasteiger partial charge in [0.1, 0.15) is 0 Å². The molecule has 0 spiro atoms. The van der Waals surface area contributed by atoms with Gasteiger partial charge in [-0.3, -0.25) is 0 Å². The highest BCUT2D eigenvalue weighted by atomic mass is 15.2. The highest BCUT2D eigenvalue weighted by molar-refractivity contribution is 4.93. The van der Waals surface area contributed by atoms with Gasteiger partial charge in [0.15, 0.2) is 0 Å². The lowest BCUT2D eigenvalue weighted by atomic mass is 9.90. The van der Waals surface area contributed by atoms with E-state index in [1.165, 1.54) is 32.2 Å². The lowest BCUT2D eigenvalue weighted by Crippen LogP contribution is -2.43. The fourth-order valence-corrected chi connectivity index (χ4v) is 3.34. The lowest BCUT2D eigenvalue weighted by molar-refractivity contribution is 0.131. The Morgan fingerprint density at radius 2 is 1.69 bits per heavy atom. The first kappa shape index (κ1) is 12.4. The van der Waals surface area contributed by atoms with Crippen molar-refractivity contribution < 1.29 is 0 Å². The summed E-state index contributed by atoms with van der Waals surface area (Å²) in [5, 5.41) is 3.66. The van der Waals surface area contributed by atoms with Crippen molar-refractivity contribution >= 4 is 0 Å². The van der Waals surface area contributed by atoms with Crippen LogP contribution in [-0.4, -0.2) is 37.1 Å². The molecule has 2 bridgehead atoms. The van der Waals surface area contributed by atoms with Crippen molar-refractivity contribution in [3.63, 3.8) is 0 Å². The van der Waals surface area contributed by atoms with Crippen LogP contribution in [0.1, 0.15) is 46.5 Å². The normalized spacial score (nSPS) is 35.6. The molecule has 2 rings (SSSR count). The summed E-state index contributed by atoms with van der Waals surface area (Å²) in [5.74, 6) is 0.927. The Kier molecular flexibility index (Phi) is 3.60. The van der Waals surface area contributed by atoms with E-state index in [0.29, 0.717) is 5.41 Å². The van der Waals surface area contributed by atoms with Gasteiger partial charge in [0, 0.05) is 12.1 Å². The Balaban J connectivity index is 1.73. The molecule has 2 nitrogen and oxygen atoms in total. The van der Waals surface area contributed by atoms with Crippen molar-refractivity contribution in [2.75, 3.05) is 20.1 Å². The van der Waals surface area contributed by atoms with Crippen LogP contribution in [0.5, 0.6) is 0 Å². The first-order valence-corrected chi connectivity index (χ1v) is 6.88. The van der Waals surface area contributed by atoms with E-state index in [2.05, 4.69) is 38.0 Å². The van der Waals surface area contributed by atoms with E-state index in [0.717, 1.165) is 24.5 Å². The van der Waals surface area contributed by atoms with Gasteiger partial charge >= 0.3 is 0 Å². The molecule has 2 fully saturated rings. The van der Waals surface area contributed by atoms with Crippen LogP contribution in [0.2, 0.25) is 0 Å². The smallest absolute Gasteiger partial charge is 0.00988 e. The molecule has 0 aromatic carbocycles. The third-order valence-electron chi connectivity index (χ3n) is 4.28. The van der Waals surface area contributed by atoms with E-state index in [1.807, 2.05) is 0 Å². The zero-order valence-electron chi connectivity index (χ0n) is 11.4. The van der Waals surface area contributed by atoms with Gasteiger partial charge in [-0.1, -0.05) is 20.8 Å². The summed E-state index contributed by atoms with van der Waals surface area (Å²) in [7, 11) is 2.32. The number of nitrogens with zero attached hydrogens (tertiary/aromatic N) is 1. The number of hydrogen-bond acceptors (Lipinski definition) is 2. The van der Waals surface area contributed by atoms with E-state index in [4.69, 9.17) is 0 Å². The van der Waals surface area contributed by atoms with Gasteiger partial charge in [0.05, 0.1) is 0 Å². The summed E-state index contributed by atoms with van der Waals surface area (Å²) in [6.45, 7) is 9.29. The third-order valence-corrected chi connectivity index (χ3v) is 4.28. The lowest BCUT2D eigenvalue weighted by Gasteiger charge is -2.36. The summed E-state index contributed by atoms with van der Waals surface area (Å²) >= 11 is 0. The van der Waals surface area contributed by atoms with Crippen LogP contribution in [0.3, 0.4) is 0 Å². The molecule has 1 N–H and O–H groups in total. The summed E-state index contributed by atoms with van der Waals surface area (Å²) < 4.78 is 0. The van der Waals surface area contributed by atoms with Crippen molar-refractivity contribution in [1.82, 2.24) is 10.2 Å². The quantitative estimate of drug-likeness (QED) is 0.792. The van der Waals surface area contributed by atoms with Crippen LogP contribution in [0, 0.1) is 11.3 Å². The van der Waals surface area contributed by atoms with Crippen molar-refractivity contribution in [3.05, 3.63) is 0 Å². The number of fused-ring (bicyclic) bond motifs is 2. The van der Waals surface area contributed by atoms with Gasteiger partial charge in [-0.05, 0) is 57.2 Å². The zero-order chi connectivity index (χ0) is 11.8.